The number of hydrogen-bond donors (Lipinski definition) is 0. The molecule has 13 heavy (non-hydrogen) atoms. The molecule has 0 aliphatic carbocycles. The summed E-state index contributed by atoms with van der Waals surface area (Å²) >= 11 is 3.33. The largest absolute Gasteiger partial charge is 0.423 e. The lowest BCUT2D eigenvalue weighted by Gasteiger charge is -1.98. The Labute approximate surface area is 82.7 Å². The maximum Gasteiger partial charge on any atom is 0.423 e. The van der Waals surface area contributed by atoms with Crippen molar-refractivity contribution in [2.75, 3.05) is 0 Å². The lowest BCUT2D eigenvalue weighted by atomic mass is 10.3. The van der Waals surface area contributed by atoms with Gasteiger partial charge in [0.25, 0.3) is 0 Å². The summed E-state index contributed by atoms with van der Waals surface area (Å²) in [6.45, 7) is 0. The number of nitrogens with zero attached hydrogens (tertiary/aromatic N) is 1. The van der Waals surface area contributed by atoms with Crippen LogP contribution in [0.25, 0.3) is 5.69 Å². The quantitative estimate of drug-likeness (QED) is 0.765. The van der Waals surface area contributed by atoms with E-state index in [9.17, 15) is 4.79 Å². The summed E-state index contributed by atoms with van der Waals surface area (Å²) in [5, 5.41) is 0. The Balaban J connectivity index is 2.59. The molecule has 0 aliphatic heterocycles. The molecule has 0 saturated heterocycles. The van der Waals surface area contributed by atoms with Gasteiger partial charge in [-0.25, -0.2) is 9.36 Å². The summed E-state index contributed by atoms with van der Waals surface area (Å²) in [6.07, 6.45) is 2.95. The highest BCUT2D eigenvalue weighted by molar-refractivity contribution is 9.10. The Kier molecular flexibility index (Phi) is 2.06. The van der Waals surface area contributed by atoms with E-state index in [0.717, 1.165) is 10.2 Å². The van der Waals surface area contributed by atoms with E-state index in [1.165, 1.54) is 10.8 Å². The molecular weight excluding hydrogens is 234 g/mol. The average molecular weight is 240 g/mol. The van der Waals surface area contributed by atoms with Gasteiger partial charge in [-0.1, -0.05) is 22.0 Å². The zero-order valence-corrected chi connectivity index (χ0v) is 8.19. The SMILES string of the molecule is O=c1occn1-c1cccc(Br)c1. The summed E-state index contributed by atoms with van der Waals surface area (Å²) in [5.74, 6) is -0.377. The van der Waals surface area contributed by atoms with Crippen molar-refractivity contribution < 1.29 is 4.42 Å². The topological polar surface area (TPSA) is 35.1 Å². The van der Waals surface area contributed by atoms with E-state index in [2.05, 4.69) is 20.3 Å². The second-order valence-corrected chi connectivity index (χ2v) is 3.43. The Morgan fingerprint density at radius 3 is 2.85 bits per heavy atom. The van der Waals surface area contributed by atoms with E-state index < -0.39 is 0 Å². The summed E-state index contributed by atoms with van der Waals surface area (Å²) in [6, 6.07) is 7.44. The maximum atomic E-state index is 11.1. The van der Waals surface area contributed by atoms with E-state index in [4.69, 9.17) is 0 Å². The monoisotopic (exact) mass is 239 g/mol. The van der Waals surface area contributed by atoms with Gasteiger partial charge >= 0.3 is 5.76 Å². The van der Waals surface area contributed by atoms with Crippen molar-refractivity contribution in [3.05, 3.63) is 51.7 Å². The maximum absolute atomic E-state index is 11.1. The second-order valence-electron chi connectivity index (χ2n) is 2.52. The number of rotatable bonds is 1. The summed E-state index contributed by atoms with van der Waals surface area (Å²) in [7, 11) is 0. The third-order valence-electron chi connectivity index (χ3n) is 1.66. The van der Waals surface area contributed by atoms with Crippen LogP contribution in [0.15, 0.2) is 50.4 Å². The molecule has 3 nitrogen and oxygen atoms in total. The van der Waals surface area contributed by atoms with Crippen molar-refractivity contribution in [1.82, 2.24) is 4.57 Å². The first-order chi connectivity index (χ1) is 6.27. The predicted molar refractivity (Wildman–Crippen MR) is 52.0 cm³/mol. The van der Waals surface area contributed by atoms with Crippen molar-refractivity contribution in [2.24, 2.45) is 0 Å². The van der Waals surface area contributed by atoms with Crippen molar-refractivity contribution in [3.8, 4) is 5.69 Å². The van der Waals surface area contributed by atoms with Crippen LogP contribution in [0, 0.1) is 0 Å². The fourth-order valence-electron chi connectivity index (χ4n) is 1.08. The van der Waals surface area contributed by atoms with Gasteiger partial charge in [-0.3, -0.25) is 0 Å². The standard InChI is InChI=1S/C9H6BrNO2/c10-7-2-1-3-8(6-7)11-4-5-13-9(11)12/h1-6H. The van der Waals surface area contributed by atoms with E-state index in [1.54, 1.807) is 6.20 Å². The molecule has 0 saturated carbocycles. The van der Waals surface area contributed by atoms with Gasteiger partial charge in [-0.15, -0.1) is 0 Å². The molecule has 0 bridgehead atoms. The molecule has 1 heterocycles. The fourth-order valence-corrected chi connectivity index (χ4v) is 1.47. The molecule has 4 heteroatoms. The Hall–Kier alpha value is -1.29. The predicted octanol–water partition coefficient (Wildman–Crippen LogP) is 2.19. The van der Waals surface area contributed by atoms with Crippen molar-refractivity contribution >= 4 is 15.9 Å². The number of halogens is 1. The van der Waals surface area contributed by atoms with Gasteiger partial charge in [0, 0.05) is 4.47 Å². The molecular formula is C9H6BrNO2. The molecule has 0 amide bonds. The summed E-state index contributed by atoms with van der Waals surface area (Å²) in [5.41, 5.74) is 0.785. The lowest BCUT2D eigenvalue weighted by Crippen LogP contribution is -2.10. The first-order valence-electron chi connectivity index (χ1n) is 3.69. The highest BCUT2D eigenvalue weighted by Crippen LogP contribution is 2.13. The van der Waals surface area contributed by atoms with Crippen LogP contribution in [0.4, 0.5) is 0 Å². The highest BCUT2D eigenvalue weighted by atomic mass is 79.9. The van der Waals surface area contributed by atoms with E-state index >= 15 is 0 Å². The normalized spacial score (nSPS) is 10.2. The highest BCUT2D eigenvalue weighted by Gasteiger charge is 2.00. The van der Waals surface area contributed by atoms with Crippen molar-refractivity contribution in [2.45, 2.75) is 0 Å². The zero-order valence-electron chi connectivity index (χ0n) is 6.61. The molecule has 66 valence electrons. The Bertz CT molecular complexity index is 472. The fraction of sp³-hybridized carbons (Fsp3) is 0. The smallest absolute Gasteiger partial charge is 0.416 e. The minimum Gasteiger partial charge on any atom is -0.416 e. The first-order valence-corrected chi connectivity index (χ1v) is 4.49. The van der Waals surface area contributed by atoms with Crippen LogP contribution in [0.3, 0.4) is 0 Å². The molecule has 0 N–H and O–H groups in total. The van der Waals surface area contributed by atoms with Gasteiger partial charge in [0.05, 0.1) is 11.9 Å². The van der Waals surface area contributed by atoms with Crippen LogP contribution in [-0.2, 0) is 0 Å². The van der Waals surface area contributed by atoms with Crippen molar-refractivity contribution in [1.29, 1.82) is 0 Å². The van der Waals surface area contributed by atoms with Crippen molar-refractivity contribution in [3.63, 3.8) is 0 Å². The van der Waals surface area contributed by atoms with E-state index in [1.807, 2.05) is 24.3 Å². The molecule has 2 aromatic rings. The van der Waals surface area contributed by atoms with Gasteiger partial charge in [0.2, 0.25) is 0 Å². The number of hydrogen-bond acceptors (Lipinski definition) is 2. The van der Waals surface area contributed by atoms with Crippen LogP contribution in [0.5, 0.6) is 0 Å². The van der Waals surface area contributed by atoms with Crippen LogP contribution in [-0.4, -0.2) is 4.57 Å². The van der Waals surface area contributed by atoms with Crippen LogP contribution >= 0.6 is 15.9 Å². The summed E-state index contributed by atoms with van der Waals surface area (Å²) in [4.78, 5) is 11.1. The van der Waals surface area contributed by atoms with Gasteiger partial charge in [0.1, 0.15) is 6.26 Å². The van der Waals surface area contributed by atoms with E-state index in [0.29, 0.717) is 0 Å². The van der Waals surface area contributed by atoms with Gasteiger partial charge in [-0.2, -0.15) is 0 Å². The molecule has 0 atom stereocenters. The molecule has 0 unspecified atom stereocenters. The third-order valence-corrected chi connectivity index (χ3v) is 2.16. The van der Waals surface area contributed by atoms with Crippen LogP contribution in [0.1, 0.15) is 0 Å². The second kappa shape index (κ2) is 3.22. The third kappa shape index (κ3) is 1.58. The van der Waals surface area contributed by atoms with E-state index in [-0.39, 0.29) is 5.76 Å². The Morgan fingerprint density at radius 2 is 2.23 bits per heavy atom. The zero-order chi connectivity index (χ0) is 9.26. The summed E-state index contributed by atoms with van der Waals surface area (Å²) < 4.78 is 7.01. The van der Waals surface area contributed by atoms with Gasteiger partial charge < -0.3 is 4.42 Å². The first kappa shape index (κ1) is 8.31. The molecule has 0 aliphatic rings. The molecule has 1 aromatic heterocycles. The Morgan fingerprint density at radius 1 is 1.38 bits per heavy atom. The average Bonchev–Trinajstić information content (AvgIpc) is 2.51. The molecule has 2 rings (SSSR count). The molecule has 1 aromatic carbocycles. The van der Waals surface area contributed by atoms with Crippen LogP contribution < -0.4 is 5.76 Å². The lowest BCUT2D eigenvalue weighted by molar-refractivity contribution is 0.504. The number of oxazole rings is 1. The minimum absolute atomic E-state index is 0.377. The molecule has 0 spiro atoms. The van der Waals surface area contributed by atoms with Gasteiger partial charge in [0.15, 0.2) is 0 Å². The minimum atomic E-state index is -0.377. The number of benzene rings is 1. The molecule has 0 radical (unpaired) electrons. The van der Waals surface area contributed by atoms with Crippen LogP contribution in [0.2, 0.25) is 0 Å². The molecule has 0 fully saturated rings. The van der Waals surface area contributed by atoms with Gasteiger partial charge in [-0.05, 0) is 18.2 Å². The number of aromatic nitrogens is 1.